The molecule has 0 N–H and O–H groups in total. The highest BCUT2D eigenvalue weighted by Gasteiger charge is 2.57. The molecule has 0 aromatic heterocycles. The van der Waals surface area contributed by atoms with Gasteiger partial charge in [0, 0.05) is 18.8 Å². The summed E-state index contributed by atoms with van der Waals surface area (Å²) in [5, 5.41) is 0. The summed E-state index contributed by atoms with van der Waals surface area (Å²) < 4.78 is 5.43. The van der Waals surface area contributed by atoms with Gasteiger partial charge in [-0.2, -0.15) is 0 Å². The number of ketones is 1. The smallest absolute Gasteiger partial charge is 0.303 e. The Kier molecular flexibility index (Phi) is 3.56. The molecule has 3 nitrogen and oxygen atoms in total. The molecule has 4 aliphatic carbocycles. The van der Waals surface area contributed by atoms with E-state index in [1.807, 2.05) is 0 Å². The minimum atomic E-state index is -0.198. The van der Waals surface area contributed by atoms with Crippen molar-refractivity contribution in [1.82, 2.24) is 0 Å². The lowest BCUT2D eigenvalue weighted by atomic mass is 9.49. The summed E-state index contributed by atoms with van der Waals surface area (Å²) in [5.74, 6) is 1.96. The van der Waals surface area contributed by atoms with Crippen LogP contribution in [0.1, 0.15) is 59.3 Å². The van der Waals surface area contributed by atoms with E-state index in [0.29, 0.717) is 23.5 Å². The second kappa shape index (κ2) is 5.31. The topological polar surface area (TPSA) is 43.4 Å². The van der Waals surface area contributed by atoms with E-state index < -0.39 is 0 Å². The summed E-state index contributed by atoms with van der Waals surface area (Å²) in [5.41, 5.74) is 1.43. The number of rotatable bonds is 1. The Balaban J connectivity index is 1.67. The molecule has 24 heavy (non-hydrogen) atoms. The predicted octanol–water partition coefficient (Wildman–Crippen LogP) is 4.23. The Hall–Kier alpha value is -1.38. The van der Waals surface area contributed by atoms with Crippen molar-refractivity contribution >= 4 is 11.8 Å². The van der Waals surface area contributed by atoms with Gasteiger partial charge in [0.2, 0.25) is 0 Å². The number of carbonyl (C=O) groups is 2. The van der Waals surface area contributed by atoms with Gasteiger partial charge in [0.1, 0.15) is 11.9 Å². The molecule has 0 heterocycles. The number of fused-ring (bicyclic) bond motifs is 5. The lowest BCUT2D eigenvalue weighted by Gasteiger charge is -2.55. The highest BCUT2D eigenvalue weighted by atomic mass is 16.5. The number of Topliss-reactive ketones (excluding diaryl/α,β-unsaturated/α-hetero) is 1. The van der Waals surface area contributed by atoms with Crippen LogP contribution in [0.5, 0.6) is 0 Å². The summed E-state index contributed by atoms with van der Waals surface area (Å²) >= 11 is 0. The molecule has 0 radical (unpaired) electrons. The minimum Gasteiger partial charge on any atom is -0.458 e. The molecular weight excluding hydrogens is 300 g/mol. The van der Waals surface area contributed by atoms with Crippen LogP contribution in [0.2, 0.25) is 0 Å². The van der Waals surface area contributed by atoms with Gasteiger partial charge < -0.3 is 4.74 Å². The fraction of sp³-hybridized carbons (Fsp3) is 0.714. The van der Waals surface area contributed by atoms with Crippen LogP contribution in [0.25, 0.3) is 0 Å². The molecule has 4 aliphatic rings. The zero-order valence-corrected chi connectivity index (χ0v) is 15.0. The summed E-state index contributed by atoms with van der Waals surface area (Å²) in [4.78, 5) is 23.7. The molecule has 4 rings (SSSR count). The van der Waals surface area contributed by atoms with Crippen molar-refractivity contribution in [3.8, 4) is 0 Å². The number of carbonyl (C=O) groups excluding carboxylic acids is 2. The number of ether oxygens (including phenoxy) is 1. The Labute approximate surface area is 144 Å². The lowest BCUT2D eigenvalue weighted by molar-refractivity contribution is -0.145. The third-order valence-electron chi connectivity index (χ3n) is 7.65. The van der Waals surface area contributed by atoms with Crippen LogP contribution in [0.4, 0.5) is 0 Å². The van der Waals surface area contributed by atoms with Gasteiger partial charge in [-0.1, -0.05) is 26.0 Å². The molecule has 0 aromatic carbocycles. The zero-order valence-electron chi connectivity index (χ0n) is 15.0. The zero-order chi connectivity index (χ0) is 17.1. The van der Waals surface area contributed by atoms with Crippen molar-refractivity contribution in [1.29, 1.82) is 0 Å². The average molecular weight is 328 g/mol. The van der Waals surface area contributed by atoms with Crippen LogP contribution in [0, 0.1) is 28.6 Å². The normalized spacial score (nSPS) is 46.6. The highest BCUT2D eigenvalue weighted by Crippen LogP contribution is 2.62. The number of esters is 1. The molecular formula is C21H28O3. The molecule has 0 aliphatic heterocycles. The van der Waals surface area contributed by atoms with E-state index in [0.717, 1.165) is 38.5 Å². The first-order valence-corrected chi connectivity index (χ1v) is 9.45. The SMILES string of the molecule is CC(=O)O[C@@H]1C=C2C=C[C@@H]3[C@H](CC[C@]4(C)C(=O)CC[C@@H]34)[C@@]2(C)CC1. The summed E-state index contributed by atoms with van der Waals surface area (Å²) in [7, 11) is 0. The lowest BCUT2D eigenvalue weighted by Crippen LogP contribution is -2.49. The van der Waals surface area contributed by atoms with Gasteiger partial charge in [0.25, 0.3) is 0 Å². The van der Waals surface area contributed by atoms with Gasteiger partial charge in [-0.3, -0.25) is 9.59 Å². The second-order valence-corrected chi connectivity index (χ2v) is 8.79. The van der Waals surface area contributed by atoms with E-state index in [4.69, 9.17) is 4.74 Å². The van der Waals surface area contributed by atoms with Crippen molar-refractivity contribution in [2.45, 2.75) is 65.4 Å². The molecule has 0 spiro atoms. The van der Waals surface area contributed by atoms with Gasteiger partial charge in [0.15, 0.2) is 0 Å². The largest absolute Gasteiger partial charge is 0.458 e. The Morgan fingerprint density at radius 2 is 1.83 bits per heavy atom. The fourth-order valence-corrected chi connectivity index (χ4v) is 6.21. The Morgan fingerprint density at radius 1 is 1.12 bits per heavy atom. The van der Waals surface area contributed by atoms with E-state index in [-0.39, 0.29) is 22.9 Å². The molecule has 6 atom stereocenters. The molecule has 0 aromatic rings. The molecule has 3 heteroatoms. The number of hydrogen-bond donors (Lipinski definition) is 0. The predicted molar refractivity (Wildman–Crippen MR) is 92.2 cm³/mol. The maximum Gasteiger partial charge on any atom is 0.303 e. The number of hydrogen-bond acceptors (Lipinski definition) is 3. The quantitative estimate of drug-likeness (QED) is 0.677. The van der Waals surface area contributed by atoms with Crippen molar-refractivity contribution < 1.29 is 14.3 Å². The number of allylic oxidation sites excluding steroid dienone is 3. The first-order valence-electron chi connectivity index (χ1n) is 9.45. The van der Waals surface area contributed by atoms with Crippen molar-refractivity contribution in [3.05, 3.63) is 23.8 Å². The third-order valence-corrected chi connectivity index (χ3v) is 7.65. The van der Waals surface area contributed by atoms with Crippen molar-refractivity contribution in [2.24, 2.45) is 28.6 Å². The first kappa shape index (κ1) is 16.1. The molecule has 0 bridgehead atoms. The fourth-order valence-electron chi connectivity index (χ4n) is 6.21. The second-order valence-electron chi connectivity index (χ2n) is 8.79. The molecule has 2 fully saturated rings. The molecule has 0 saturated heterocycles. The highest BCUT2D eigenvalue weighted by molar-refractivity contribution is 5.87. The van der Waals surface area contributed by atoms with Crippen LogP contribution >= 0.6 is 0 Å². The van der Waals surface area contributed by atoms with E-state index in [9.17, 15) is 9.59 Å². The van der Waals surface area contributed by atoms with E-state index in [1.165, 1.54) is 12.5 Å². The van der Waals surface area contributed by atoms with Crippen molar-refractivity contribution in [3.63, 3.8) is 0 Å². The van der Waals surface area contributed by atoms with Crippen LogP contribution in [0.3, 0.4) is 0 Å². The van der Waals surface area contributed by atoms with E-state index in [2.05, 4.69) is 32.1 Å². The van der Waals surface area contributed by atoms with Gasteiger partial charge in [-0.05, 0) is 66.9 Å². The van der Waals surface area contributed by atoms with Gasteiger partial charge in [-0.15, -0.1) is 0 Å². The van der Waals surface area contributed by atoms with Gasteiger partial charge >= 0.3 is 5.97 Å². The molecule has 2 saturated carbocycles. The summed E-state index contributed by atoms with van der Waals surface area (Å²) in [6, 6.07) is 0. The molecule has 0 amide bonds. The average Bonchev–Trinajstić information content (AvgIpc) is 2.83. The molecule has 130 valence electrons. The third kappa shape index (κ3) is 2.16. The van der Waals surface area contributed by atoms with Crippen LogP contribution in [-0.2, 0) is 14.3 Å². The maximum absolute atomic E-state index is 12.4. The van der Waals surface area contributed by atoms with Crippen molar-refractivity contribution in [2.75, 3.05) is 0 Å². The van der Waals surface area contributed by atoms with E-state index >= 15 is 0 Å². The minimum absolute atomic E-state index is 0.0753. The molecule has 0 unspecified atom stereocenters. The summed E-state index contributed by atoms with van der Waals surface area (Å²) in [6.07, 6.45) is 12.7. The Bertz CT molecular complexity index is 645. The summed E-state index contributed by atoms with van der Waals surface area (Å²) in [6.45, 7) is 6.09. The first-order chi connectivity index (χ1) is 11.3. The maximum atomic E-state index is 12.4. The Morgan fingerprint density at radius 3 is 2.58 bits per heavy atom. The van der Waals surface area contributed by atoms with Crippen LogP contribution < -0.4 is 0 Å². The van der Waals surface area contributed by atoms with Crippen LogP contribution in [-0.4, -0.2) is 17.9 Å². The standard InChI is InChI=1S/C21H28O3/c1-13(22)24-15-8-10-20(2)14(12-15)4-5-16-17-6-7-19(23)21(17,3)11-9-18(16)20/h4-5,12,15-18H,6-11H2,1-3H3/t15-,16-,17-,18-,20-,21-/m0/s1. The van der Waals surface area contributed by atoms with Crippen LogP contribution in [0.15, 0.2) is 23.8 Å². The van der Waals surface area contributed by atoms with Gasteiger partial charge in [0.05, 0.1) is 0 Å². The van der Waals surface area contributed by atoms with Gasteiger partial charge in [-0.25, -0.2) is 0 Å². The monoisotopic (exact) mass is 328 g/mol. The van der Waals surface area contributed by atoms with E-state index in [1.54, 1.807) is 0 Å².